The fraction of sp³-hybridized carbons (Fsp3) is 0.143. The number of hydrogen-bond donors (Lipinski definition) is 1. The molecule has 0 bridgehead atoms. The van der Waals surface area contributed by atoms with E-state index in [0.717, 1.165) is 5.69 Å². The van der Waals surface area contributed by atoms with Gasteiger partial charge in [-0.2, -0.15) is 0 Å². The van der Waals surface area contributed by atoms with Crippen molar-refractivity contribution in [3.63, 3.8) is 0 Å². The topological polar surface area (TPSA) is 12.0 Å². The molecule has 0 amide bonds. The third-order valence-corrected chi connectivity index (χ3v) is 1.59. The fourth-order valence-electron chi connectivity index (χ4n) is 0.698. The molecule has 0 atom stereocenters. The Morgan fingerprint density at radius 3 is 1.91 bits per heavy atom. The number of halogens is 3. The van der Waals surface area contributed by atoms with Crippen molar-refractivity contribution in [2.24, 2.45) is 0 Å². The molecule has 11 heavy (non-hydrogen) atoms. The minimum atomic E-state index is 0. The summed E-state index contributed by atoms with van der Waals surface area (Å²) in [5.74, 6) is 0. The van der Waals surface area contributed by atoms with Gasteiger partial charge in [-0.1, -0.05) is 23.2 Å². The predicted octanol–water partition coefficient (Wildman–Crippen LogP) is 3.46. The summed E-state index contributed by atoms with van der Waals surface area (Å²) in [6, 6.07) is 5.32. The van der Waals surface area contributed by atoms with Crippen molar-refractivity contribution in [1.29, 1.82) is 0 Å². The zero-order chi connectivity index (χ0) is 7.56. The lowest BCUT2D eigenvalue weighted by atomic mass is 10.3. The van der Waals surface area contributed by atoms with E-state index in [1.165, 1.54) is 0 Å². The number of rotatable bonds is 1. The molecule has 0 spiro atoms. The Bertz CT molecular complexity index is 217. The fourth-order valence-corrected chi connectivity index (χ4v) is 1.22. The summed E-state index contributed by atoms with van der Waals surface area (Å²) in [5, 5.41) is 4.24. The van der Waals surface area contributed by atoms with Gasteiger partial charge in [-0.3, -0.25) is 0 Å². The highest BCUT2D eigenvalue weighted by molar-refractivity contribution is 6.35. The number of benzene rings is 1. The minimum absolute atomic E-state index is 0. The first-order chi connectivity index (χ1) is 4.72. The van der Waals surface area contributed by atoms with Crippen molar-refractivity contribution in [1.82, 2.24) is 0 Å². The highest BCUT2D eigenvalue weighted by Crippen LogP contribution is 2.21. The van der Waals surface area contributed by atoms with E-state index >= 15 is 0 Å². The normalized spacial score (nSPS) is 8.64. The average molecular weight is 213 g/mol. The Balaban J connectivity index is 0.000001000. The largest absolute Gasteiger partial charge is 0.388 e. The molecule has 0 unspecified atom stereocenters. The van der Waals surface area contributed by atoms with Gasteiger partial charge in [0.2, 0.25) is 0 Å². The van der Waals surface area contributed by atoms with Crippen LogP contribution in [0.4, 0.5) is 5.69 Å². The van der Waals surface area contributed by atoms with Crippen molar-refractivity contribution in [3.8, 4) is 0 Å². The molecule has 1 aromatic carbocycles. The lowest BCUT2D eigenvalue weighted by molar-refractivity contribution is 1.51. The van der Waals surface area contributed by atoms with E-state index in [4.69, 9.17) is 23.2 Å². The first-order valence-corrected chi connectivity index (χ1v) is 3.62. The zero-order valence-electron chi connectivity index (χ0n) is 5.90. The molecule has 0 saturated carbocycles. The zero-order valence-corrected chi connectivity index (χ0v) is 8.22. The van der Waals surface area contributed by atoms with Crippen LogP contribution in [0.25, 0.3) is 0 Å². The van der Waals surface area contributed by atoms with Crippen LogP contribution in [0.3, 0.4) is 0 Å². The number of anilines is 1. The number of nitrogens with one attached hydrogen (secondary N) is 1. The molecule has 1 aromatic rings. The Labute approximate surface area is 82.1 Å². The van der Waals surface area contributed by atoms with E-state index in [1.807, 2.05) is 19.2 Å². The Kier molecular flexibility index (Phi) is 4.66. The summed E-state index contributed by atoms with van der Waals surface area (Å²) in [6.07, 6.45) is 0. The third kappa shape index (κ3) is 3.19. The number of hydrogen-bond acceptors (Lipinski definition) is 1. The van der Waals surface area contributed by atoms with Gasteiger partial charge in [-0.25, -0.2) is 0 Å². The summed E-state index contributed by atoms with van der Waals surface area (Å²) in [4.78, 5) is 0. The minimum Gasteiger partial charge on any atom is -0.388 e. The molecule has 62 valence electrons. The molecule has 0 heterocycles. The van der Waals surface area contributed by atoms with E-state index in [9.17, 15) is 0 Å². The molecule has 0 aromatic heterocycles. The smallest absolute Gasteiger partial charge is 0.0441 e. The van der Waals surface area contributed by atoms with E-state index in [2.05, 4.69) is 5.32 Å². The Hall–Kier alpha value is -0.110. The first-order valence-electron chi connectivity index (χ1n) is 2.86. The molecule has 0 aliphatic heterocycles. The van der Waals surface area contributed by atoms with Gasteiger partial charge in [0.1, 0.15) is 0 Å². The molecular formula is C7H8Cl3N. The molecule has 0 saturated heterocycles. The van der Waals surface area contributed by atoms with E-state index in [-0.39, 0.29) is 12.4 Å². The van der Waals surface area contributed by atoms with Gasteiger partial charge < -0.3 is 5.32 Å². The van der Waals surface area contributed by atoms with Gasteiger partial charge in [-0.15, -0.1) is 12.4 Å². The van der Waals surface area contributed by atoms with Gasteiger partial charge in [0.05, 0.1) is 0 Å². The van der Waals surface area contributed by atoms with Crippen molar-refractivity contribution >= 4 is 41.3 Å². The van der Waals surface area contributed by atoms with Gasteiger partial charge in [0.15, 0.2) is 0 Å². The van der Waals surface area contributed by atoms with Crippen LogP contribution in [0, 0.1) is 0 Å². The quantitative estimate of drug-likeness (QED) is 0.752. The molecule has 0 radical (unpaired) electrons. The molecule has 0 aliphatic rings. The molecule has 4 heteroatoms. The van der Waals surface area contributed by atoms with Crippen LogP contribution in [0.1, 0.15) is 0 Å². The maximum Gasteiger partial charge on any atom is 0.0441 e. The monoisotopic (exact) mass is 211 g/mol. The van der Waals surface area contributed by atoms with E-state index < -0.39 is 0 Å². The SMILES string of the molecule is CNc1cc(Cl)cc(Cl)c1.Cl. The lowest BCUT2D eigenvalue weighted by Crippen LogP contribution is -1.86. The van der Waals surface area contributed by atoms with Gasteiger partial charge in [-0.05, 0) is 18.2 Å². The van der Waals surface area contributed by atoms with Gasteiger partial charge >= 0.3 is 0 Å². The third-order valence-electron chi connectivity index (χ3n) is 1.15. The molecule has 1 nitrogen and oxygen atoms in total. The van der Waals surface area contributed by atoms with Crippen molar-refractivity contribution in [2.45, 2.75) is 0 Å². The molecule has 1 rings (SSSR count). The second-order valence-corrected chi connectivity index (χ2v) is 2.78. The Morgan fingerprint density at radius 1 is 1.09 bits per heavy atom. The van der Waals surface area contributed by atoms with Crippen LogP contribution in [-0.4, -0.2) is 7.05 Å². The van der Waals surface area contributed by atoms with Crippen LogP contribution in [-0.2, 0) is 0 Å². The summed E-state index contributed by atoms with van der Waals surface area (Å²) >= 11 is 11.4. The Morgan fingerprint density at radius 2 is 1.55 bits per heavy atom. The molecule has 1 N–H and O–H groups in total. The summed E-state index contributed by atoms with van der Waals surface area (Å²) in [7, 11) is 1.82. The standard InChI is InChI=1S/C7H7Cl2N.ClH/c1-10-7-3-5(8)2-6(9)4-7;/h2-4,10H,1H3;1H. The summed E-state index contributed by atoms with van der Waals surface area (Å²) in [6.45, 7) is 0. The van der Waals surface area contributed by atoms with Crippen molar-refractivity contribution in [3.05, 3.63) is 28.2 Å². The van der Waals surface area contributed by atoms with Crippen LogP contribution in [0.15, 0.2) is 18.2 Å². The van der Waals surface area contributed by atoms with Crippen LogP contribution in [0.2, 0.25) is 10.0 Å². The van der Waals surface area contributed by atoms with E-state index in [0.29, 0.717) is 10.0 Å². The lowest BCUT2D eigenvalue weighted by Gasteiger charge is -1.99. The average Bonchev–Trinajstić information content (AvgIpc) is 1.85. The van der Waals surface area contributed by atoms with Crippen LogP contribution < -0.4 is 5.32 Å². The second-order valence-electron chi connectivity index (χ2n) is 1.91. The van der Waals surface area contributed by atoms with Gasteiger partial charge in [0, 0.05) is 22.8 Å². The maximum atomic E-state index is 5.70. The molecular weight excluding hydrogens is 204 g/mol. The first kappa shape index (κ1) is 10.9. The van der Waals surface area contributed by atoms with Crippen LogP contribution in [0.5, 0.6) is 0 Å². The highest BCUT2D eigenvalue weighted by Gasteiger charge is 1.93. The molecule has 0 aliphatic carbocycles. The van der Waals surface area contributed by atoms with E-state index in [1.54, 1.807) is 6.07 Å². The molecule has 0 fully saturated rings. The van der Waals surface area contributed by atoms with Crippen LogP contribution >= 0.6 is 35.6 Å². The summed E-state index contributed by atoms with van der Waals surface area (Å²) in [5.41, 5.74) is 0.928. The highest BCUT2D eigenvalue weighted by atomic mass is 35.5. The van der Waals surface area contributed by atoms with Crippen molar-refractivity contribution < 1.29 is 0 Å². The summed E-state index contributed by atoms with van der Waals surface area (Å²) < 4.78 is 0. The second kappa shape index (κ2) is 4.70. The van der Waals surface area contributed by atoms with Crippen molar-refractivity contribution in [2.75, 3.05) is 12.4 Å². The predicted molar refractivity (Wildman–Crippen MR) is 53.3 cm³/mol. The maximum absolute atomic E-state index is 5.70. The van der Waals surface area contributed by atoms with Gasteiger partial charge in [0.25, 0.3) is 0 Å².